The average Bonchev–Trinajstić information content (AvgIpc) is 2.48. The van der Waals surface area contributed by atoms with Crippen LogP contribution < -0.4 is 5.32 Å². The highest BCUT2D eigenvalue weighted by Gasteiger charge is 2.20. The highest BCUT2D eigenvalue weighted by Crippen LogP contribution is 2.31. The second-order valence-electron chi connectivity index (χ2n) is 5.93. The van der Waals surface area contributed by atoms with Crippen LogP contribution in [0.25, 0.3) is 0 Å². The summed E-state index contributed by atoms with van der Waals surface area (Å²) >= 11 is 6.07. The van der Waals surface area contributed by atoms with E-state index in [1.807, 2.05) is 38.1 Å². The number of benzene rings is 1. The molecular weight excluding hydrogens is 317 g/mol. The van der Waals surface area contributed by atoms with Crippen LogP contribution in [0.5, 0.6) is 0 Å². The van der Waals surface area contributed by atoms with Gasteiger partial charge in [0.1, 0.15) is 5.83 Å². The molecule has 0 heterocycles. The summed E-state index contributed by atoms with van der Waals surface area (Å²) in [7, 11) is 0. The molecule has 1 atom stereocenters. The Bertz CT molecular complexity index is 667. The van der Waals surface area contributed by atoms with E-state index in [-0.39, 0.29) is 18.2 Å². The molecular formula is C18H21ClFNO2. The molecule has 0 fully saturated rings. The third kappa shape index (κ3) is 4.58. The summed E-state index contributed by atoms with van der Waals surface area (Å²) in [5.41, 5.74) is 3.14. The first-order valence-corrected chi connectivity index (χ1v) is 8.06. The monoisotopic (exact) mass is 337 g/mol. The normalized spacial score (nSPS) is 17.9. The first-order valence-electron chi connectivity index (χ1n) is 7.68. The van der Waals surface area contributed by atoms with Crippen molar-refractivity contribution in [3.63, 3.8) is 0 Å². The van der Waals surface area contributed by atoms with Crippen molar-refractivity contribution >= 4 is 17.6 Å². The standard InChI is InChI=1S/C18H21ClFNO2/c1-11-3-5-13(14(9-11)10-16(22)23)7-8-21-18-15(19)6-4-12(2)17(18)20/h3,5-6,9,12,21H,4,7-8,10H2,1-2H3,(H,22,23). The zero-order valence-corrected chi connectivity index (χ0v) is 14.1. The predicted octanol–water partition coefficient (Wildman–Crippen LogP) is 4.10. The van der Waals surface area contributed by atoms with Gasteiger partial charge in [0.25, 0.3) is 0 Å². The van der Waals surface area contributed by atoms with Gasteiger partial charge in [0, 0.05) is 12.5 Å². The topological polar surface area (TPSA) is 49.3 Å². The van der Waals surface area contributed by atoms with Crippen molar-refractivity contribution in [2.24, 2.45) is 5.92 Å². The van der Waals surface area contributed by atoms with Gasteiger partial charge in [-0.15, -0.1) is 0 Å². The number of rotatable bonds is 6. The average molecular weight is 338 g/mol. The van der Waals surface area contributed by atoms with Crippen LogP contribution in [0.2, 0.25) is 0 Å². The summed E-state index contributed by atoms with van der Waals surface area (Å²) in [6.07, 6.45) is 3.03. The van der Waals surface area contributed by atoms with Crippen molar-refractivity contribution in [1.82, 2.24) is 5.32 Å². The molecule has 0 bridgehead atoms. The Hall–Kier alpha value is -1.81. The molecule has 0 aromatic heterocycles. The van der Waals surface area contributed by atoms with Gasteiger partial charge in [-0.05, 0) is 30.9 Å². The van der Waals surface area contributed by atoms with Crippen LogP contribution in [0.4, 0.5) is 4.39 Å². The molecule has 0 amide bonds. The number of halogens is 2. The number of nitrogens with one attached hydrogen (secondary N) is 1. The summed E-state index contributed by atoms with van der Waals surface area (Å²) in [6, 6.07) is 5.77. The molecule has 23 heavy (non-hydrogen) atoms. The van der Waals surface area contributed by atoms with E-state index in [2.05, 4.69) is 5.32 Å². The number of carboxylic acid groups (broad SMARTS) is 1. The van der Waals surface area contributed by atoms with Crippen LogP contribution in [0.3, 0.4) is 0 Å². The minimum Gasteiger partial charge on any atom is -0.481 e. The SMILES string of the molecule is Cc1ccc(CCNC2=C(F)C(C)CC=C2Cl)c(CC(=O)O)c1. The van der Waals surface area contributed by atoms with Crippen LogP contribution in [-0.2, 0) is 17.6 Å². The summed E-state index contributed by atoms with van der Waals surface area (Å²) < 4.78 is 14.1. The van der Waals surface area contributed by atoms with Crippen molar-refractivity contribution in [3.8, 4) is 0 Å². The third-order valence-corrected chi connectivity index (χ3v) is 4.30. The van der Waals surface area contributed by atoms with Gasteiger partial charge in [-0.3, -0.25) is 4.79 Å². The van der Waals surface area contributed by atoms with Gasteiger partial charge in [0.2, 0.25) is 0 Å². The summed E-state index contributed by atoms with van der Waals surface area (Å²) in [5.74, 6) is -1.24. The van der Waals surface area contributed by atoms with Gasteiger partial charge in [0.15, 0.2) is 0 Å². The van der Waals surface area contributed by atoms with Crippen LogP contribution in [0, 0.1) is 12.8 Å². The quantitative estimate of drug-likeness (QED) is 0.821. The summed E-state index contributed by atoms with van der Waals surface area (Å²) in [4.78, 5) is 11.0. The summed E-state index contributed by atoms with van der Waals surface area (Å²) in [6.45, 7) is 4.25. The Balaban J connectivity index is 2.05. The van der Waals surface area contributed by atoms with E-state index in [0.29, 0.717) is 30.1 Å². The van der Waals surface area contributed by atoms with Gasteiger partial charge in [0.05, 0.1) is 17.2 Å². The first kappa shape index (κ1) is 17.5. The Labute approximate surface area is 140 Å². The number of hydrogen-bond acceptors (Lipinski definition) is 2. The van der Waals surface area contributed by atoms with E-state index >= 15 is 0 Å². The number of aryl methyl sites for hydroxylation is 1. The highest BCUT2D eigenvalue weighted by molar-refractivity contribution is 6.32. The van der Waals surface area contributed by atoms with Crippen LogP contribution in [0.15, 0.2) is 40.8 Å². The number of aliphatic carboxylic acids is 1. The molecule has 0 saturated heterocycles. The number of hydrogen-bond donors (Lipinski definition) is 2. The molecule has 2 N–H and O–H groups in total. The maximum absolute atomic E-state index is 14.1. The predicted molar refractivity (Wildman–Crippen MR) is 90.1 cm³/mol. The Morgan fingerprint density at radius 3 is 2.87 bits per heavy atom. The molecule has 1 aliphatic rings. The maximum atomic E-state index is 14.1. The van der Waals surface area contributed by atoms with Crippen molar-refractivity contribution in [1.29, 1.82) is 0 Å². The van der Waals surface area contributed by atoms with E-state index in [1.54, 1.807) is 0 Å². The lowest BCUT2D eigenvalue weighted by Gasteiger charge is -2.20. The second kappa shape index (κ2) is 7.64. The van der Waals surface area contributed by atoms with Crippen molar-refractivity contribution < 1.29 is 14.3 Å². The minimum absolute atomic E-state index is 0.00817. The molecule has 0 saturated carbocycles. The fourth-order valence-corrected chi connectivity index (χ4v) is 2.91. The van der Waals surface area contributed by atoms with Crippen molar-refractivity contribution in [3.05, 3.63) is 57.5 Å². The van der Waals surface area contributed by atoms with E-state index in [0.717, 1.165) is 16.7 Å². The lowest BCUT2D eigenvalue weighted by atomic mass is 9.98. The van der Waals surface area contributed by atoms with E-state index in [4.69, 9.17) is 16.7 Å². The van der Waals surface area contributed by atoms with Crippen LogP contribution in [-0.4, -0.2) is 17.6 Å². The van der Waals surface area contributed by atoms with Gasteiger partial charge in [-0.2, -0.15) is 0 Å². The van der Waals surface area contributed by atoms with Gasteiger partial charge < -0.3 is 10.4 Å². The van der Waals surface area contributed by atoms with Crippen molar-refractivity contribution in [2.75, 3.05) is 6.54 Å². The first-order chi connectivity index (χ1) is 10.9. The maximum Gasteiger partial charge on any atom is 0.307 e. The molecule has 2 rings (SSSR count). The number of carboxylic acids is 1. The van der Waals surface area contributed by atoms with Crippen molar-refractivity contribution in [2.45, 2.75) is 33.1 Å². The van der Waals surface area contributed by atoms with Gasteiger partial charge in [-0.25, -0.2) is 4.39 Å². The molecule has 5 heteroatoms. The zero-order chi connectivity index (χ0) is 17.0. The Kier molecular flexibility index (Phi) is 5.83. The van der Waals surface area contributed by atoms with Gasteiger partial charge >= 0.3 is 5.97 Å². The van der Waals surface area contributed by atoms with Gasteiger partial charge in [-0.1, -0.05) is 48.4 Å². The molecule has 3 nitrogen and oxygen atoms in total. The molecule has 0 radical (unpaired) electrons. The lowest BCUT2D eigenvalue weighted by Crippen LogP contribution is -2.22. The fraction of sp³-hybridized carbons (Fsp3) is 0.389. The molecule has 1 unspecified atom stereocenters. The van der Waals surface area contributed by atoms with Crippen LogP contribution in [0.1, 0.15) is 30.0 Å². The highest BCUT2D eigenvalue weighted by atomic mass is 35.5. The number of carbonyl (C=O) groups is 1. The van der Waals surface area contributed by atoms with Crippen LogP contribution >= 0.6 is 11.6 Å². The van der Waals surface area contributed by atoms with E-state index in [1.165, 1.54) is 0 Å². The largest absolute Gasteiger partial charge is 0.481 e. The lowest BCUT2D eigenvalue weighted by molar-refractivity contribution is -0.136. The Morgan fingerprint density at radius 1 is 1.43 bits per heavy atom. The fourth-order valence-electron chi connectivity index (χ4n) is 2.66. The Morgan fingerprint density at radius 2 is 2.17 bits per heavy atom. The zero-order valence-electron chi connectivity index (χ0n) is 13.3. The summed E-state index contributed by atoms with van der Waals surface area (Å²) in [5, 5.41) is 12.5. The molecule has 1 aromatic carbocycles. The molecule has 0 aliphatic heterocycles. The minimum atomic E-state index is -0.856. The van der Waals surface area contributed by atoms with E-state index in [9.17, 15) is 9.18 Å². The molecule has 1 aromatic rings. The molecule has 0 spiro atoms. The van der Waals surface area contributed by atoms with E-state index < -0.39 is 5.97 Å². The molecule has 1 aliphatic carbocycles. The molecule has 124 valence electrons. The smallest absolute Gasteiger partial charge is 0.307 e. The second-order valence-corrected chi connectivity index (χ2v) is 6.34. The number of allylic oxidation sites excluding steroid dienone is 3. The third-order valence-electron chi connectivity index (χ3n) is 3.96.